The number of aromatic nitrogens is 2. The standard InChI is InChI=1S/C14H12N2O2/c1-15-5-3-9-11(7-15)13(17)10-4-6-16(2)8-12(10)14(9)18/h3-8H,1-2H3/p+2. The molecule has 3 aromatic rings. The van der Waals surface area contributed by atoms with Crippen molar-refractivity contribution in [1.82, 2.24) is 0 Å². The number of aryl methyl sites for hydroxylation is 2. The smallest absolute Gasteiger partial charge is 0.180 e. The fourth-order valence-electron chi connectivity index (χ4n) is 2.28. The van der Waals surface area contributed by atoms with Gasteiger partial charge in [0.15, 0.2) is 24.8 Å². The number of nitrogens with zero attached hydrogens (tertiary/aromatic N) is 2. The highest BCUT2D eigenvalue weighted by molar-refractivity contribution is 6.09. The van der Waals surface area contributed by atoms with Crippen molar-refractivity contribution in [2.45, 2.75) is 0 Å². The normalized spacial score (nSPS) is 11.2. The van der Waals surface area contributed by atoms with Gasteiger partial charge in [-0.3, -0.25) is 0 Å². The van der Waals surface area contributed by atoms with Gasteiger partial charge in [0.05, 0.1) is 10.8 Å². The van der Waals surface area contributed by atoms with Crippen LogP contribution in [0, 0.1) is 0 Å². The van der Waals surface area contributed by atoms with Crippen LogP contribution in [0.25, 0.3) is 21.5 Å². The first kappa shape index (κ1) is 10.8. The molecule has 90 valence electrons. The molecule has 0 saturated heterocycles. The van der Waals surface area contributed by atoms with Gasteiger partial charge in [-0.1, -0.05) is 0 Å². The number of hydrogen-bond donors (Lipinski definition) is 2. The Labute approximate surface area is 104 Å². The van der Waals surface area contributed by atoms with Crippen LogP contribution in [0.5, 0.6) is 11.5 Å². The molecule has 0 spiro atoms. The molecule has 4 nitrogen and oxygen atoms in total. The molecule has 0 aliphatic carbocycles. The third-order valence-corrected chi connectivity index (χ3v) is 3.22. The summed E-state index contributed by atoms with van der Waals surface area (Å²) in [4.78, 5) is 0. The molecule has 4 heteroatoms. The van der Waals surface area contributed by atoms with Crippen molar-refractivity contribution in [2.24, 2.45) is 14.1 Å². The van der Waals surface area contributed by atoms with Gasteiger partial charge >= 0.3 is 0 Å². The Kier molecular flexibility index (Phi) is 2.13. The number of phenols is 2. The Balaban J connectivity index is 2.60. The van der Waals surface area contributed by atoms with E-state index in [0.29, 0.717) is 21.5 Å². The van der Waals surface area contributed by atoms with Crippen LogP contribution in [0.3, 0.4) is 0 Å². The van der Waals surface area contributed by atoms with Crippen LogP contribution in [-0.2, 0) is 14.1 Å². The molecule has 0 fully saturated rings. The van der Waals surface area contributed by atoms with Crippen LogP contribution < -0.4 is 9.13 Å². The topological polar surface area (TPSA) is 48.2 Å². The average molecular weight is 242 g/mol. The molecule has 1 aromatic carbocycles. The second kappa shape index (κ2) is 3.57. The van der Waals surface area contributed by atoms with Gasteiger partial charge in [0, 0.05) is 22.9 Å². The predicted molar refractivity (Wildman–Crippen MR) is 67.1 cm³/mol. The molecule has 18 heavy (non-hydrogen) atoms. The van der Waals surface area contributed by atoms with E-state index in [1.807, 2.05) is 35.6 Å². The zero-order valence-corrected chi connectivity index (χ0v) is 10.3. The zero-order valence-electron chi connectivity index (χ0n) is 10.3. The lowest BCUT2D eigenvalue weighted by Gasteiger charge is -2.06. The maximum Gasteiger partial charge on any atom is 0.180 e. The van der Waals surface area contributed by atoms with E-state index < -0.39 is 0 Å². The summed E-state index contributed by atoms with van der Waals surface area (Å²) < 4.78 is 3.69. The van der Waals surface area contributed by atoms with Crippen LogP contribution in [0.4, 0.5) is 0 Å². The Hall–Kier alpha value is -2.36. The fourth-order valence-corrected chi connectivity index (χ4v) is 2.28. The molecule has 2 aromatic heterocycles. The summed E-state index contributed by atoms with van der Waals surface area (Å²) in [5, 5.41) is 23.2. The van der Waals surface area contributed by atoms with Crippen molar-refractivity contribution >= 4 is 21.5 Å². The Bertz CT molecular complexity index is 714. The highest BCUT2D eigenvalue weighted by atomic mass is 16.3. The summed E-state index contributed by atoms with van der Waals surface area (Å²) in [5.41, 5.74) is 0. The first-order valence-corrected chi connectivity index (χ1v) is 5.70. The van der Waals surface area contributed by atoms with Crippen LogP contribution in [0.2, 0.25) is 0 Å². The van der Waals surface area contributed by atoms with Gasteiger partial charge in [-0.05, 0) is 0 Å². The van der Waals surface area contributed by atoms with E-state index in [9.17, 15) is 10.2 Å². The van der Waals surface area contributed by atoms with E-state index in [1.54, 1.807) is 24.5 Å². The molecule has 0 radical (unpaired) electrons. The van der Waals surface area contributed by atoms with Crippen molar-refractivity contribution in [3.8, 4) is 11.5 Å². The van der Waals surface area contributed by atoms with Crippen molar-refractivity contribution in [3.05, 3.63) is 36.9 Å². The zero-order chi connectivity index (χ0) is 12.9. The minimum Gasteiger partial charge on any atom is -0.506 e. The molecule has 3 rings (SSSR count). The van der Waals surface area contributed by atoms with E-state index >= 15 is 0 Å². The third-order valence-electron chi connectivity index (χ3n) is 3.22. The van der Waals surface area contributed by atoms with Crippen LogP contribution >= 0.6 is 0 Å². The van der Waals surface area contributed by atoms with Gasteiger partial charge in [-0.25, -0.2) is 9.13 Å². The highest BCUT2D eigenvalue weighted by Crippen LogP contribution is 2.39. The highest BCUT2D eigenvalue weighted by Gasteiger charge is 2.17. The summed E-state index contributed by atoms with van der Waals surface area (Å²) in [6.45, 7) is 0. The van der Waals surface area contributed by atoms with Gasteiger partial charge in [0.1, 0.15) is 25.6 Å². The van der Waals surface area contributed by atoms with Crippen LogP contribution in [-0.4, -0.2) is 10.2 Å². The molecule has 0 unspecified atom stereocenters. The van der Waals surface area contributed by atoms with E-state index in [1.165, 1.54) is 0 Å². The van der Waals surface area contributed by atoms with Gasteiger partial charge < -0.3 is 10.2 Å². The number of benzene rings is 1. The van der Waals surface area contributed by atoms with E-state index in [4.69, 9.17) is 0 Å². The Morgan fingerprint density at radius 2 is 1.11 bits per heavy atom. The van der Waals surface area contributed by atoms with Crippen LogP contribution in [0.15, 0.2) is 36.9 Å². The predicted octanol–water partition coefficient (Wildman–Crippen LogP) is 1.05. The molecule has 0 saturated carbocycles. The van der Waals surface area contributed by atoms with Crippen molar-refractivity contribution in [2.75, 3.05) is 0 Å². The van der Waals surface area contributed by atoms with Gasteiger partial charge in [0.2, 0.25) is 0 Å². The molecule has 0 atom stereocenters. The van der Waals surface area contributed by atoms with Crippen molar-refractivity contribution < 1.29 is 19.3 Å². The van der Waals surface area contributed by atoms with E-state index in [0.717, 1.165) is 0 Å². The molecule has 0 aliphatic rings. The molecule has 0 bridgehead atoms. The second-order valence-electron chi connectivity index (χ2n) is 4.57. The maximum atomic E-state index is 10.3. The lowest BCUT2D eigenvalue weighted by atomic mass is 10.0. The number of rotatable bonds is 0. The second-order valence-corrected chi connectivity index (χ2v) is 4.57. The maximum absolute atomic E-state index is 10.3. The monoisotopic (exact) mass is 242 g/mol. The Morgan fingerprint density at radius 1 is 0.722 bits per heavy atom. The molecule has 0 amide bonds. The largest absolute Gasteiger partial charge is 0.506 e. The summed E-state index contributed by atoms with van der Waals surface area (Å²) in [6.07, 6.45) is 7.29. The third kappa shape index (κ3) is 1.39. The van der Waals surface area contributed by atoms with Crippen molar-refractivity contribution in [1.29, 1.82) is 0 Å². The first-order chi connectivity index (χ1) is 8.58. The molecular weight excluding hydrogens is 228 g/mol. The van der Waals surface area contributed by atoms with E-state index in [-0.39, 0.29) is 11.5 Å². The molecular formula is C14H14N2O2+2. The summed E-state index contributed by atoms with van der Waals surface area (Å²) in [5.74, 6) is 0.407. The van der Waals surface area contributed by atoms with Gasteiger partial charge in [-0.15, -0.1) is 0 Å². The lowest BCUT2D eigenvalue weighted by Crippen LogP contribution is -2.26. The molecule has 0 aliphatic heterocycles. The number of phenolic OH excluding ortho intramolecular Hbond substituents is 2. The van der Waals surface area contributed by atoms with Crippen LogP contribution in [0.1, 0.15) is 0 Å². The number of aromatic hydroxyl groups is 2. The first-order valence-electron chi connectivity index (χ1n) is 5.70. The minimum absolute atomic E-state index is 0.203. The summed E-state index contributed by atoms with van der Waals surface area (Å²) in [6, 6.07) is 3.60. The van der Waals surface area contributed by atoms with Gasteiger partial charge in [0.25, 0.3) is 0 Å². The van der Waals surface area contributed by atoms with E-state index in [2.05, 4.69) is 0 Å². The molecule has 2 heterocycles. The van der Waals surface area contributed by atoms with Crippen molar-refractivity contribution in [3.63, 3.8) is 0 Å². The summed E-state index contributed by atoms with van der Waals surface area (Å²) >= 11 is 0. The van der Waals surface area contributed by atoms with Gasteiger partial charge in [-0.2, -0.15) is 0 Å². The minimum atomic E-state index is 0.203. The molecule has 2 N–H and O–H groups in total. The quantitative estimate of drug-likeness (QED) is 0.352. The Morgan fingerprint density at radius 3 is 1.50 bits per heavy atom. The fraction of sp³-hybridized carbons (Fsp3) is 0.143. The SMILES string of the molecule is C[n+]1ccc2c(O)c3c[n+](C)ccc3c(O)c2c1. The lowest BCUT2D eigenvalue weighted by molar-refractivity contribution is -0.670. The average Bonchev–Trinajstić information content (AvgIpc) is 2.36. The number of hydrogen-bond acceptors (Lipinski definition) is 2. The number of fused-ring (bicyclic) bond motifs is 2. The summed E-state index contributed by atoms with van der Waals surface area (Å²) in [7, 11) is 3.76. The number of pyridine rings is 2.